The highest BCUT2D eigenvalue weighted by Gasteiger charge is 2.22. The molecule has 1 aliphatic rings. The number of aliphatic hydroxyl groups is 1. The Morgan fingerprint density at radius 2 is 1.97 bits per heavy atom. The van der Waals surface area contributed by atoms with Gasteiger partial charge in [0.25, 0.3) is 0 Å². The molecule has 1 aliphatic heterocycles. The van der Waals surface area contributed by atoms with Gasteiger partial charge in [-0.1, -0.05) is 29.8 Å². The van der Waals surface area contributed by atoms with Gasteiger partial charge in [-0.15, -0.1) is 22.6 Å². The standard InChI is InChI=1S/C23H24ClN5O2.ClH/c1-25-17-4-5-18-19(12-17)22(26-13-16-3-6-21(31-2)20(24)11-16)27-28-23(18)29-9-7-15(14-30)8-10-29;/h3-6,11-12,15,30H,7-10,13-14H2,2H3,(H,26,27);1H. The van der Waals surface area contributed by atoms with Gasteiger partial charge in [-0.25, -0.2) is 4.85 Å². The van der Waals surface area contributed by atoms with Crippen LogP contribution in [-0.2, 0) is 6.54 Å². The summed E-state index contributed by atoms with van der Waals surface area (Å²) in [5.41, 5.74) is 1.54. The van der Waals surface area contributed by atoms with Crippen LogP contribution in [0.15, 0.2) is 36.4 Å². The first-order chi connectivity index (χ1) is 15.1. The molecule has 32 heavy (non-hydrogen) atoms. The van der Waals surface area contributed by atoms with Gasteiger partial charge in [-0.2, -0.15) is 0 Å². The molecule has 7 nitrogen and oxygen atoms in total. The second-order valence-electron chi connectivity index (χ2n) is 7.65. The Labute approximate surface area is 198 Å². The average molecular weight is 474 g/mol. The lowest BCUT2D eigenvalue weighted by atomic mass is 9.97. The maximum atomic E-state index is 9.41. The fourth-order valence-corrected chi connectivity index (χ4v) is 4.18. The molecule has 0 bridgehead atoms. The van der Waals surface area contributed by atoms with E-state index in [0.717, 1.165) is 48.1 Å². The number of anilines is 2. The molecule has 3 aromatic rings. The van der Waals surface area contributed by atoms with Crippen molar-refractivity contribution in [3.8, 4) is 5.75 Å². The minimum Gasteiger partial charge on any atom is -0.495 e. The maximum absolute atomic E-state index is 9.41. The molecule has 1 fully saturated rings. The Bertz CT molecular complexity index is 1130. The molecule has 1 saturated heterocycles. The van der Waals surface area contributed by atoms with E-state index in [1.54, 1.807) is 7.11 Å². The fourth-order valence-electron chi connectivity index (χ4n) is 3.89. The molecular weight excluding hydrogens is 449 g/mol. The average Bonchev–Trinajstić information content (AvgIpc) is 2.82. The van der Waals surface area contributed by atoms with Crippen molar-refractivity contribution in [1.29, 1.82) is 0 Å². The van der Waals surface area contributed by atoms with Gasteiger partial charge < -0.3 is 20.1 Å². The normalized spacial score (nSPS) is 14.0. The van der Waals surface area contributed by atoms with E-state index in [0.29, 0.717) is 34.7 Å². The molecule has 0 amide bonds. The van der Waals surface area contributed by atoms with Crippen LogP contribution < -0.4 is 15.0 Å². The number of aromatic nitrogens is 2. The predicted octanol–water partition coefficient (Wildman–Crippen LogP) is 5.09. The SMILES string of the molecule is Cl.[C-]#[N+]c1ccc2c(N3CCC(CO)CC3)nnc(NCc3ccc(OC)c(Cl)c3)c2c1. The molecule has 0 unspecified atom stereocenters. The number of halogens is 2. The Morgan fingerprint density at radius 1 is 1.19 bits per heavy atom. The van der Waals surface area contributed by atoms with Crippen LogP contribution in [0, 0.1) is 12.5 Å². The molecule has 2 N–H and O–H groups in total. The number of benzene rings is 2. The topological polar surface area (TPSA) is 74.9 Å². The monoisotopic (exact) mass is 473 g/mol. The smallest absolute Gasteiger partial charge is 0.188 e. The number of ether oxygens (including phenoxy) is 1. The fraction of sp³-hybridized carbons (Fsp3) is 0.348. The Hall–Kier alpha value is -2.79. The molecule has 4 rings (SSSR count). The highest BCUT2D eigenvalue weighted by molar-refractivity contribution is 6.32. The van der Waals surface area contributed by atoms with Crippen LogP contribution in [0.4, 0.5) is 17.3 Å². The minimum absolute atomic E-state index is 0. The number of fused-ring (bicyclic) bond motifs is 1. The van der Waals surface area contributed by atoms with Gasteiger partial charge in [0.2, 0.25) is 0 Å². The molecule has 168 valence electrons. The third-order valence-corrected chi connectivity index (χ3v) is 6.02. The van der Waals surface area contributed by atoms with Crippen LogP contribution in [-0.4, -0.2) is 42.1 Å². The number of hydrogen-bond donors (Lipinski definition) is 2. The summed E-state index contributed by atoms with van der Waals surface area (Å²) in [7, 11) is 1.59. The lowest BCUT2D eigenvalue weighted by Crippen LogP contribution is -2.35. The number of rotatable bonds is 6. The van der Waals surface area contributed by atoms with Crippen molar-refractivity contribution in [3.63, 3.8) is 0 Å². The molecule has 0 spiro atoms. The van der Waals surface area contributed by atoms with Crippen LogP contribution in [0.25, 0.3) is 15.6 Å². The zero-order chi connectivity index (χ0) is 21.8. The quantitative estimate of drug-likeness (QED) is 0.485. The molecule has 1 aromatic heterocycles. The number of aliphatic hydroxyl groups excluding tert-OH is 1. The van der Waals surface area contributed by atoms with Gasteiger partial charge in [0.1, 0.15) is 5.75 Å². The van der Waals surface area contributed by atoms with E-state index in [1.807, 2.05) is 36.4 Å². The van der Waals surface area contributed by atoms with Crippen molar-refractivity contribution in [3.05, 3.63) is 58.4 Å². The van der Waals surface area contributed by atoms with Crippen LogP contribution in [0.1, 0.15) is 18.4 Å². The first-order valence-corrected chi connectivity index (χ1v) is 10.6. The van der Waals surface area contributed by atoms with E-state index in [-0.39, 0.29) is 19.0 Å². The molecule has 0 aliphatic carbocycles. The van der Waals surface area contributed by atoms with E-state index >= 15 is 0 Å². The Balaban J connectivity index is 0.00000289. The Kier molecular flexibility index (Phi) is 7.97. The minimum atomic E-state index is 0. The summed E-state index contributed by atoms with van der Waals surface area (Å²) < 4.78 is 5.21. The zero-order valence-corrected chi connectivity index (χ0v) is 19.3. The van der Waals surface area contributed by atoms with Gasteiger partial charge in [0, 0.05) is 37.0 Å². The second kappa shape index (κ2) is 10.7. The number of nitrogens with zero attached hydrogens (tertiary/aromatic N) is 4. The largest absolute Gasteiger partial charge is 0.495 e. The molecule has 9 heteroatoms. The van der Waals surface area contributed by atoms with Gasteiger partial charge >= 0.3 is 0 Å². The van der Waals surface area contributed by atoms with Gasteiger partial charge in [-0.05, 0) is 42.5 Å². The van der Waals surface area contributed by atoms with E-state index in [9.17, 15) is 5.11 Å². The highest BCUT2D eigenvalue weighted by atomic mass is 35.5. The molecule has 0 saturated carbocycles. The van der Waals surface area contributed by atoms with E-state index in [4.69, 9.17) is 22.9 Å². The predicted molar refractivity (Wildman–Crippen MR) is 130 cm³/mol. The lowest BCUT2D eigenvalue weighted by molar-refractivity contribution is 0.203. The van der Waals surface area contributed by atoms with Gasteiger partial charge in [0.15, 0.2) is 17.3 Å². The lowest BCUT2D eigenvalue weighted by Gasteiger charge is -2.32. The third-order valence-electron chi connectivity index (χ3n) is 5.72. The number of piperidine rings is 1. The molecule has 0 atom stereocenters. The number of methoxy groups -OCH3 is 1. The summed E-state index contributed by atoms with van der Waals surface area (Å²) in [6, 6.07) is 11.2. The van der Waals surface area contributed by atoms with E-state index in [2.05, 4.69) is 25.3 Å². The van der Waals surface area contributed by atoms with Crippen LogP contribution in [0.5, 0.6) is 5.75 Å². The first-order valence-electron chi connectivity index (χ1n) is 10.2. The van der Waals surface area contributed by atoms with E-state index < -0.39 is 0 Å². The number of hydrogen-bond acceptors (Lipinski definition) is 6. The van der Waals surface area contributed by atoms with Crippen molar-refractivity contribution in [2.45, 2.75) is 19.4 Å². The summed E-state index contributed by atoms with van der Waals surface area (Å²) in [6.45, 7) is 9.79. The third kappa shape index (κ3) is 4.99. The summed E-state index contributed by atoms with van der Waals surface area (Å²) >= 11 is 6.24. The van der Waals surface area contributed by atoms with Gasteiger partial charge in [0.05, 0.1) is 18.7 Å². The summed E-state index contributed by atoms with van der Waals surface area (Å²) in [6.07, 6.45) is 1.86. The van der Waals surface area contributed by atoms with E-state index in [1.165, 1.54) is 0 Å². The summed E-state index contributed by atoms with van der Waals surface area (Å²) in [5, 5.41) is 24.1. The van der Waals surface area contributed by atoms with Crippen molar-refractivity contribution in [2.75, 3.05) is 37.0 Å². The molecule has 2 heterocycles. The second-order valence-corrected chi connectivity index (χ2v) is 8.06. The van der Waals surface area contributed by atoms with Crippen molar-refractivity contribution in [1.82, 2.24) is 10.2 Å². The first kappa shape index (κ1) is 23.9. The van der Waals surface area contributed by atoms with Crippen molar-refractivity contribution < 1.29 is 9.84 Å². The summed E-state index contributed by atoms with van der Waals surface area (Å²) in [4.78, 5) is 5.79. The summed E-state index contributed by atoms with van der Waals surface area (Å²) in [5.74, 6) is 2.43. The molecule has 2 aromatic carbocycles. The molecule has 0 radical (unpaired) electrons. The van der Waals surface area contributed by atoms with Crippen molar-refractivity contribution in [2.24, 2.45) is 5.92 Å². The van der Waals surface area contributed by atoms with Crippen LogP contribution in [0.2, 0.25) is 5.02 Å². The maximum Gasteiger partial charge on any atom is 0.188 e. The van der Waals surface area contributed by atoms with Crippen LogP contribution in [0.3, 0.4) is 0 Å². The van der Waals surface area contributed by atoms with Crippen molar-refractivity contribution >= 4 is 52.1 Å². The van der Waals surface area contributed by atoms with Crippen LogP contribution >= 0.6 is 24.0 Å². The molecular formula is C23H25Cl2N5O2. The number of nitrogens with one attached hydrogen (secondary N) is 1. The Morgan fingerprint density at radius 3 is 2.62 bits per heavy atom. The van der Waals surface area contributed by atoms with Gasteiger partial charge in [-0.3, -0.25) is 0 Å². The highest BCUT2D eigenvalue weighted by Crippen LogP contribution is 2.34. The zero-order valence-electron chi connectivity index (χ0n) is 17.7.